The van der Waals surface area contributed by atoms with E-state index in [-0.39, 0.29) is 18.1 Å². The van der Waals surface area contributed by atoms with Gasteiger partial charge in [0.1, 0.15) is 0 Å². The summed E-state index contributed by atoms with van der Waals surface area (Å²) >= 11 is 0. The fourth-order valence-corrected chi connectivity index (χ4v) is 3.17. The van der Waals surface area contributed by atoms with Crippen molar-refractivity contribution in [3.05, 3.63) is 114 Å². The molecule has 27 heavy (non-hydrogen) atoms. The van der Waals surface area contributed by atoms with Crippen molar-refractivity contribution in [2.24, 2.45) is 0 Å². The first-order chi connectivity index (χ1) is 13.2. The van der Waals surface area contributed by atoms with Gasteiger partial charge in [-0.25, -0.2) is 0 Å². The number of carbonyl (C=O) groups excluding carboxylic acids is 2. The Kier molecular flexibility index (Phi) is 4.58. The third-order valence-corrected chi connectivity index (χ3v) is 4.61. The van der Waals surface area contributed by atoms with E-state index < -0.39 is 0 Å². The number of Topliss-reactive ketones (excluding diaryl/α,β-unsaturated/α-hetero) is 1. The van der Waals surface area contributed by atoms with Gasteiger partial charge in [0, 0.05) is 34.2 Å². The minimum atomic E-state index is -0.0435. The minimum absolute atomic E-state index is 0.00932. The minimum Gasteiger partial charge on any atom is -0.289 e. The van der Waals surface area contributed by atoms with E-state index >= 15 is 0 Å². The third kappa shape index (κ3) is 3.53. The summed E-state index contributed by atoms with van der Waals surface area (Å²) < 4.78 is 1.95. The van der Waals surface area contributed by atoms with Gasteiger partial charge >= 0.3 is 0 Å². The first-order valence-corrected chi connectivity index (χ1v) is 8.82. The molecular weight excluding hydrogens is 334 g/mol. The van der Waals surface area contributed by atoms with E-state index in [2.05, 4.69) is 0 Å². The second kappa shape index (κ2) is 7.34. The van der Waals surface area contributed by atoms with Crippen molar-refractivity contribution >= 4 is 22.5 Å². The number of ketones is 2. The van der Waals surface area contributed by atoms with Crippen LogP contribution in [0.15, 0.2) is 97.2 Å². The van der Waals surface area contributed by atoms with Crippen molar-refractivity contribution in [3.63, 3.8) is 0 Å². The van der Waals surface area contributed by atoms with Gasteiger partial charge in [-0.3, -0.25) is 9.59 Å². The SMILES string of the molecule is O=C(C[n+]1cccc2ccccc21)c1ccc(C(=O)c2ccccc2)cc1. The highest BCUT2D eigenvalue weighted by molar-refractivity contribution is 6.09. The number of nitrogens with zero attached hydrogens (tertiary/aromatic N) is 1. The lowest BCUT2D eigenvalue weighted by Crippen LogP contribution is -2.38. The molecule has 0 unspecified atom stereocenters. The van der Waals surface area contributed by atoms with Gasteiger partial charge in [-0.05, 0) is 12.1 Å². The summed E-state index contributed by atoms with van der Waals surface area (Å²) in [5.41, 5.74) is 2.84. The number of rotatable bonds is 5. The molecular formula is C24H18NO2+. The highest BCUT2D eigenvalue weighted by atomic mass is 16.1. The van der Waals surface area contributed by atoms with Gasteiger partial charge in [0.2, 0.25) is 17.8 Å². The van der Waals surface area contributed by atoms with Gasteiger partial charge in [0.15, 0.2) is 12.0 Å². The maximum atomic E-state index is 12.7. The Morgan fingerprint density at radius 2 is 1.22 bits per heavy atom. The van der Waals surface area contributed by atoms with Crippen LogP contribution in [-0.4, -0.2) is 11.6 Å². The number of hydrogen-bond donors (Lipinski definition) is 0. The molecule has 0 saturated carbocycles. The number of benzene rings is 3. The van der Waals surface area contributed by atoms with Crippen LogP contribution in [0.5, 0.6) is 0 Å². The number of para-hydroxylation sites is 1. The van der Waals surface area contributed by atoms with Gasteiger partial charge < -0.3 is 0 Å². The zero-order valence-corrected chi connectivity index (χ0v) is 14.7. The molecule has 0 amide bonds. The zero-order valence-electron chi connectivity index (χ0n) is 14.7. The average molecular weight is 352 g/mol. The Morgan fingerprint density at radius 3 is 2.00 bits per heavy atom. The highest BCUT2D eigenvalue weighted by Gasteiger charge is 2.16. The van der Waals surface area contributed by atoms with E-state index in [9.17, 15) is 9.59 Å². The fraction of sp³-hybridized carbons (Fsp3) is 0.0417. The molecule has 130 valence electrons. The number of aromatic nitrogens is 1. The van der Waals surface area contributed by atoms with Gasteiger partial charge in [-0.1, -0.05) is 66.7 Å². The van der Waals surface area contributed by atoms with Crippen molar-refractivity contribution in [1.82, 2.24) is 0 Å². The van der Waals surface area contributed by atoms with Crippen LogP contribution in [0.2, 0.25) is 0 Å². The van der Waals surface area contributed by atoms with Crippen LogP contribution in [0, 0.1) is 0 Å². The van der Waals surface area contributed by atoms with Crippen molar-refractivity contribution < 1.29 is 14.2 Å². The number of pyridine rings is 1. The van der Waals surface area contributed by atoms with Crippen molar-refractivity contribution in [2.75, 3.05) is 0 Å². The van der Waals surface area contributed by atoms with E-state index in [0.29, 0.717) is 16.7 Å². The van der Waals surface area contributed by atoms with E-state index in [0.717, 1.165) is 10.9 Å². The summed E-state index contributed by atoms with van der Waals surface area (Å²) in [5.74, 6) is -0.0342. The predicted octanol–water partition coefficient (Wildman–Crippen LogP) is 4.24. The lowest BCUT2D eigenvalue weighted by Gasteiger charge is -2.04. The Labute approximate surface area is 157 Å². The highest BCUT2D eigenvalue weighted by Crippen LogP contribution is 2.12. The van der Waals surface area contributed by atoms with Crippen LogP contribution >= 0.6 is 0 Å². The first kappa shape index (κ1) is 16.9. The summed E-state index contributed by atoms with van der Waals surface area (Å²) in [4.78, 5) is 25.2. The average Bonchev–Trinajstić information content (AvgIpc) is 2.74. The second-order valence-electron chi connectivity index (χ2n) is 6.39. The van der Waals surface area contributed by atoms with E-state index in [1.54, 1.807) is 36.4 Å². The maximum Gasteiger partial charge on any atom is 0.227 e. The lowest BCUT2D eigenvalue weighted by atomic mass is 10.0. The van der Waals surface area contributed by atoms with Crippen LogP contribution in [-0.2, 0) is 6.54 Å². The molecule has 0 saturated heterocycles. The van der Waals surface area contributed by atoms with Crippen LogP contribution in [0.25, 0.3) is 10.9 Å². The Bertz CT molecular complexity index is 1110. The van der Waals surface area contributed by atoms with Gasteiger partial charge in [0.05, 0.1) is 0 Å². The molecule has 0 fully saturated rings. The molecule has 3 aromatic carbocycles. The lowest BCUT2D eigenvalue weighted by molar-refractivity contribution is -0.657. The molecule has 3 nitrogen and oxygen atoms in total. The van der Waals surface area contributed by atoms with Gasteiger partial charge in [-0.15, -0.1) is 0 Å². The Morgan fingerprint density at radius 1 is 0.630 bits per heavy atom. The van der Waals surface area contributed by atoms with Crippen molar-refractivity contribution in [1.29, 1.82) is 0 Å². The molecule has 0 aliphatic rings. The standard InChI is InChI=1S/C24H18NO2/c26-23(17-25-16-6-10-18-7-4-5-11-22(18)25)19-12-14-21(15-13-19)24(27)20-8-2-1-3-9-20/h1-16H,17H2/q+1. The summed E-state index contributed by atoms with van der Waals surface area (Å²) in [6.07, 6.45) is 1.91. The van der Waals surface area contributed by atoms with Crippen LogP contribution < -0.4 is 4.57 Å². The quantitative estimate of drug-likeness (QED) is 0.398. The van der Waals surface area contributed by atoms with Crippen molar-refractivity contribution in [2.45, 2.75) is 6.54 Å². The normalized spacial score (nSPS) is 10.7. The molecule has 1 heterocycles. The second-order valence-corrected chi connectivity index (χ2v) is 6.39. The molecule has 0 N–H and O–H groups in total. The molecule has 3 heteroatoms. The van der Waals surface area contributed by atoms with Crippen LogP contribution in [0.4, 0.5) is 0 Å². The van der Waals surface area contributed by atoms with E-state index in [1.165, 1.54) is 0 Å². The van der Waals surface area contributed by atoms with E-state index in [4.69, 9.17) is 0 Å². The van der Waals surface area contributed by atoms with Gasteiger partial charge in [-0.2, -0.15) is 4.57 Å². The Hall–Kier alpha value is -3.59. The molecule has 0 radical (unpaired) electrons. The molecule has 4 aromatic rings. The zero-order chi connectivity index (χ0) is 18.6. The van der Waals surface area contributed by atoms with E-state index in [1.807, 2.05) is 65.4 Å². The molecule has 0 atom stereocenters. The summed E-state index contributed by atoms with van der Waals surface area (Å²) in [6, 6.07) is 28.0. The summed E-state index contributed by atoms with van der Waals surface area (Å²) in [6.45, 7) is 0.257. The topological polar surface area (TPSA) is 38.0 Å². The van der Waals surface area contributed by atoms with Crippen LogP contribution in [0.3, 0.4) is 0 Å². The number of hydrogen-bond acceptors (Lipinski definition) is 2. The number of carbonyl (C=O) groups is 2. The maximum absolute atomic E-state index is 12.7. The smallest absolute Gasteiger partial charge is 0.227 e. The molecule has 4 rings (SSSR count). The van der Waals surface area contributed by atoms with Crippen molar-refractivity contribution in [3.8, 4) is 0 Å². The molecule has 0 aliphatic carbocycles. The molecule has 0 spiro atoms. The third-order valence-electron chi connectivity index (χ3n) is 4.61. The predicted molar refractivity (Wildman–Crippen MR) is 105 cm³/mol. The molecule has 0 bridgehead atoms. The number of fused-ring (bicyclic) bond motifs is 1. The van der Waals surface area contributed by atoms with Crippen LogP contribution in [0.1, 0.15) is 26.3 Å². The Balaban J connectivity index is 1.55. The van der Waals surface area contributed by atoms with Gasteiger partial charge in [0.25, 0.3) is 0 Å². The first-order valence-electron chi connectivity index (χ1n) is 8.82. The summed E-state index contributed by atoms with van der Waals surface area (Å²) in [5, 5.41) is 1.09. The monoisotopic (exact) mass is 352 g/mol. The summed E-state index contributed by atoms with van der Waals surface area (Å²) in [7, 11) is 0. The largest absolute Gasteiger partial charge is 0.289 e. The molecule has 1 aromatic heterocycles. The fourth-order valence-electron chi connectivity index (χ4n) is 3.17. The molecule has 0 aliphatic heterocycles.